The van der Waals surface area contributed by atoms with Gasteiger partial charge < -0.3 is 4.74 Å². The number of aromatic nitrogens is 2. The molecule has 27 heavy (non-hydrogen) atoms. The van der Waals surface area contributed by atoms with Crippen molar-refractivity contribution in [3.63, 3.8) is 0 Å². The van der Waals surface area contributed by atoms with E-state index in [1.54, 1.807) is 25.7 Å². The Morgan fingerprint density at radius 1 is 1.07 bits per heavy atom. The SMILES string of the molecule is COc1cc(-c2ccc(C#N)c(F)c2)c(-c2ccc(C)cc2)n2cncc12. The van der Waals surface area contributed by atoms with Crippen LogP contribution in [0.3, 0.4) is 0 Å². The van der Waals surface area contributed by atoms with Gasteiger partial charge in [-0.05, 0) is 36.2 Å². The number of pyridine rings is 1. The lowest BCUT2D eigenvalue weighted by Crippen LogP contribution is -1.98. The predicted molar refractivity (Wildman–Crippen MR) is 102 cm³/mol. The maximum atomic E-state index is 14.3. The topological polar surface area (TPSA) is 50.3 Å². The number of nitriles is 1. The van der Waals surface area contributed by atoms with Crippen LogP contribution in [0, 0.1) is 24.1 Å². The van der Waals surface area contributed by atoms with E-state index in [1.165, 1.54) is 12.1 Å². The minimum absolute atomic E-state index is 0.0197. The largest absolute Gasteiger partial charge is 0.494 e. The number of benzene rings is 2. The summed E-state index contributed by atoms with van der Waals surface area (Å²) >= 11 is 0. The van der Waals surface area contributed by atoms with E-state index in [4.69, 9.17) is 10.00 Å². The van der Waals surface area contributed by atoms with Crippen LogP contribution in [0.5, 0.6) is 5.75 Å². The molecule has 0 saturated carbocycles. The zero-order valence-electron chi connectivity index (χ0n) is 14.9. The molecule has 0 spiro atoms. The highest BCUT2D eigenvalue weighted by Gasteiger charge is 2.17. The van der Waals surface area contributed by atoms with E-state index in [0.717, 1.165) is 27.9 Å². The maximum Gasteiger partial charge on any atom is 0.145 e. The van der Waals surface area contributed by atoms with Gasteiger partial charge in [0.1, 0.15) is 23.2 Å². The van der Waals surface area contributed by atoms with Gasteiger partial charge in [-0.25, -0.2) is 9.37 Å². The fourth-order valence-corrected chi connectivity index (χ4v) is 3.22. The van der Waals surface area contributed by atoms with Gasteiger partial charge in [0.15, 0.2) is 0 Å². The van der Waals surface area contributed by atoms with Crippen LogP contribution in [0.2, 0.25) is 0 Å². The Morgan fingerprint density at radius 2 is 1.81 bits per heavy atom. The van der Waals surface area contributed by atoms with Crippen LogP contribution in [0.1, 0.15) is 11.1 Å². The first-order chi connectivity index (χ1) is 13.1. The van der Waals surface area contributed by atoms with Gasteiger partial charge in [0.2, 0.25) is 0 Å². The number of hydrogen-bond acceptors (Lipinski definition) is 3. The number of nitrogens with zero attached hydrogens (tertiary/aromatic N) is 3. The summed E-state index contributed by atoms with van der Waals surface area (Å²) < 4.78 is 21.8. The van der Waals surface area contributed by atoms with E-state index >= 15 is 0 Å². The Balaban J connectivity index is 2.07. The van der Waals surface area contributed by atoms with Crippen molar-refractivity contribution in [3.8, 4) is 34.2 Å². The first-order valence-corrected chi connectivity index (χ1v) is 8.42. The fourth-order valence-electron chi connectivity index (χ4n) is 3.22. The minimum Gasteiger partial charge on any atom is -0.494 e. The number of hydrogen-bond donors (Lipinski definition) is 0. The fraction of sp³-hybridized carbons (Fsp3) is 0.0909. The molecule has 0 bridgehead atoms. The molecule has 0 amide bonds. The van der Waals surface area contributed by atoms with Crippen molar-refractivity contribution >= 4 is 5.52 Å². The van der Waals surface area contributed by atoms with Gasteiger partial charge in [0, 0.05) is 5.56 Å². The van der Waals surface area contributed by atoms with Crippen molar-refractivity contribution in [1.82, 2.24) is 9.38 Å². The van der Waals surface area contributed by atoms with E-state index in [0.29, 0.717) is 11.3 Å². The summed E-state index contributed by atoms with van der Waals surface area (Å²) in [6.45, 7) is 2.03. The first kappa shape index (κ1) is 16.8. The molecule has 4 nitrogen and oxygen atoms in total. The molecule has 2 aromatic heterocycles. The number of rotatable bonds is 3. The molecule has 4 aromatic rings. The Morgan fingerprint density at radius 3 is 2.48 bits per heavy atom. The van der Waals surface area contributed by atoms with E-state index in [-0.39, 0.29) is 5.56 Å². The zero-order valence-corrected chi connectivity index (χ0v) is 14.9. The third-order valence-corrected chi connectivity index (χ3v) is 4.61. The van der Waals surface area contributed by atoms with Crippen molar-refractivity contribution in [2.24, 2.45) is 0 Å². The van der Waals surface area contributed by atoms with Gasteiger partial charge in [-0.3, -0.25) is 4.40 Å². The molecule has 0 unspecified atom stereocenters. The van der Waals surface area contributed by atoms with Crippen molar-refractivity contribution < 1.29 is 9.13 Å². The summed E-state index contributed by atoms with van der Waals surface area (Å²) in [6.07, 6.45) is 3.45. The number of fused-ring (bicyclic) bond motifs is 1. The smallest absolute Gasteiger partial charge is 0.145 e. The molecule has 0 aliphatic carbocycles. The molecule has 5 heteroatoms. The molecule has 0 atom stereocenters. The number of aryl methyl sites for hydroxylation is 1. The average Bonchev–Trinajstić information content (AvgIpc) is 3.17. The molecule has 0 saturated heterocycles. The zero-order chi connectivity index (χ0) is 19.0. The molecule has 2 heterocycles. The Bertz CT molecular complexity index is 1190. The second-order valence-corrected chi connectivity index (χ2v) is 6.30. The molecular weight excluding hydrogens is 341 g/mol. The third-order valence-electron chi connectivity index (χ3n) is 4.61. The summed E-state index contributed by atoms with van der Waals surface area (Å²) in [5.41, 5.74) is 5.32. The molecule has 0 N–H and O–H groups in total. The summed E-state index contributed by atoms with van der Waals surface area (Å²) in [4.78, 5) is 4.26. The van der Waals surface area contributed by atoms with E-state index < -0.39 is 5.82 Å². The van der Waals surface area contributed by atoms with Gasteiger partial charge in [-0.15, -0.1) is 0 Å². The Kier molecular flexibility index (Phi) is 4.09. The van der Waals surface area contributed by atoms with Crippen LogP contribution in [0.4, 0.5) is 4.39 Å². The monoisotopic (exact) mass is 357 g/mol. The van der Waals surface area contributed by atoms with Gasteiger partial charge in [0.05, 0.1) is 30.9 Å². The summed E-state index contributed by atoms with van der Waals surface area (Å²) in [6, 6.07) is 16.5. The second-order valence-electron chi connectivity index (χ2n) is 6.30. The van der Waals surface area contributed by atoms with Crippen LogP contribution in [-0.4, -0.2) is 16.5 Å². The van der Waals surface area contributed by atoms with E-state index in [1.807, 2.05) is 47.7 Å². The lowest BCUT2D eigenvalue weighted by atomic mass is 9.97. The number of imidazole rings is 1. The Labute approximate surface area is 156 Å². The molecular formula is C22H16FN3O. The summed E-state index contributed by atoms with van der Waals surface area (Å²) in [5, 5.41) is 9.01. The van der Waals surface area contributed by atoms with Gasteiger partial charge in [-0.2, -0.15) is 5.26 Å². The standard InChI is InChI=1S/C22H16FN3O/c1-14-3-5-15(6-4-14)22-18(16-7-8-17(11-24)19(23)9-16)10-21(27-2)20-12-25-13-26(20)22/h3-10,12-13H,1-2H3. The van der Waals surface area contributed by atoms with Crippen molar-refractivity contribution in [3.05, 3.63) is 78.0 Å². The molecule has 0 aliphatic rings. The highest BCUT2D eigenvalue weighted by atomic mass is 19.1. The highest BCUT2D eigenvalue weighted by Crippen LogP contribution is 2.38. The average molecular weight is 357 g/mol. The van der Waals surface area contributed by atoms with Crippen LogP contribution in [0.25, 0.3) is 27.9 Å². The molecule has 0 fully saturated rings. The highest BCUT2D eigenvalue weighted by molar-refractivity contribution is 5.86. The summed E-state index contributed by atoms with van der Waals surface area (Å²) in [7, 11) is 1.59. The number of ether oxygens (including phenoxy) is 1. The molecule has 132 valence electrons. The third kappa shape index (κ3) is 2.81. The lowest BCUT2D eigenvalue weighted by Gasteiger charge is -2.16. The van der Waals surface area contributed by atoms with Crippen LogP contribution < -0.4 is 4.74 Å². The van der Waals surface area contributed by atoms with Gasteiger partial charge in [0.25, 0.3) is 0 Å². The van der Waals surface area contributed by atoms with E-state index in [9.17, 15) is 4.39 Å². The number of halogens is 1. The normalized spacial score (nSPS) is 10.7. The van der Waals surface area contributed by atoms with Crippen molar-refractivity contribution in [2.45, 2.75) is 6.92 Å². The molecule has 0 radical (unpaired) electrons. The van der Waals surface area contributed by atoms with Crippen LogP contribution in [0.15, 0.2) is 61.1 Å². The quantitative estimate of drug-likeness (QED) is 0.519. The van der Waals surface area contributed by atoms with Crippen LogP contribution in [-0.2, 0) is 0 Å². The summed E-state index contributed by atoms with van der Waals surface area (Å²) in [5.74, 6) is 0.0951. The van der Waals surface area contributed by atoms with E-state index in [2.05, 4.69) is 4.98 Å². The van der Waals surface area contributed by atoms with Gasteiger partial charge in [-0.1, -0.05) is 35.9 Å². The number of methoxy groups -OCH3 is 1. The van der Waals surface area contributed by atoms with Crippen molar-refractivity contribution in [2.75, 3.05) is 7.11 Å². The first-order valence-electron chi connectivity index (χ1n) is 8.42. The molecule has 0 aliphatic heterocycles. The maximum absolute atomic E-state index is 14.3. The minimum atomic E-state index is -0.547. The predicted octanol–water partition coefficient (Wildman–Crippen LogP) is 5.00. The molecule has 2 aromatic carbocycles. The van der Waals surface area contributed by atoms with Gasteiger partial charge >= 0.3 is 0 Å². The van der Waals surface area contributed by atoms with Crippen molar-refractivity contribution in [1.29, 1.82) is 5.26 Å². The molecule has 4 rings (SSSR count). The second kappa shape index (κ2) is 6.58. The van der Waals surface area contributed by atoms with Crippen LogP contribution >= 0.6 is 0 Å². The Hall–Kier alpha value is -3.65. The lowest BCUT2D eigenvalue weighted by molar-refractivity contribution is 0.418.